The Bertz CT molecular complexity index is 1930. The lowest BCUT2D eigenvalue weighted by molar-refractivity contribution is 0.0949. The van der Waals surface area contributed by atoms with Crippen molar-refractivity contribution in [2.75, 3.05) is 36.3 Å². The van der Waals surface area contributed by atoms with Crippen molar-refractivity contribution in [2.24, 2.45) is 5.92 Å². The molecule has 9 nitrogen and oxygen atoms in total. The molecular weight excluding hydrogens is 604 g/mol. The molecule has 0 spiro atoms. The van der Waals surface area contributed by atoms with E-state index in [1.54, 1.807) is 12.3 Å². The van der Waals surface area contributed by atoms with Gasteiger partial charge in [0, 0.05) is 48.4 Å². The third kappa shape index (κ3) is 7.58. The molecule has 1 aromatic heterocycles. The number of rotatable bonds is 10. The van der Waals surface area contributed by atoms with E-state index < -0.39 is 6.03 Å². The van der Waals surface area contributed by atoms with Gasteiger partial charge in [-0.3, -0.25) is 4.79 Å². The Morgan fingerprint density at radius 3 is 2.38 bits per heavy atom. The van der Waals surface area contributed by atoms with Gasteiger partial charge in [0.2, 0.25) is 0 Å². The number of fused-ring (bicyclic) bond motifs is 1. The van der Waals surface area contributed by atoms with E-state index in [1.165, 1.54) is 7.11 Å². The van der Waals surface area contributed by atoms with E-state index in [4.69, 9.17) is 14.2 Å². The SMILES string of the molecule is COc1c(NC(=O)Nc2ccc(Oc3ccnc(Nc4ccccc4)c3)c3ccccc23)cc(C(C)(C)C)cc1C(=O)C[C@H]1CCOC1. The summed E-state index contributed by atoms with van der Waals surface area (Å²) in [5, 5.41) is 10.9. The number of anilines is 4. The lowest BCUT2D eigenvalue weighted by Crippen LogP contribution is -2.22. The Morgan fingerprint density at radius 1 is 0.896 bits per heavy atom. The Labute approximate surface area is 280 Å². The van der Waals surface area contributed by atoms with E-state index in [9.17, 15) is 9.59 Å². The molecule has 0 aliphatic carbocycles. The number of hydrogen-bond acceptors (Lipinski definition) is 7. The minimum absolute atomic E-state index is 0.0318. The van der Waals surface area contributed by atoms with Crippen LogP contribution in [0.3, 0.4) is 0 Å². The molecule has 5 aromatic rings. The molecule has 4 aromatic carbocycles. The predicted molar refractivity (Wildman–Crippen MR) is 190 cm³/mol. The van der Waals surface area contributed by atoms with Crippen LogP contribution in [0.4, 0.5) is 27.7 Å². The summed E-state index contributed by atoms with van der Waals surface area (Å²) in [4.78, 5) is 31.5. The summed E-state index contributed by atoms with van der Waals surface area (Å²) in [6, 6.07) is 28.1. The number of methoxy groups -OCH3 is 1. The molecule has 48 heavy (non-hydrogen) atoms. The topological polar surface area (TPSA) is 111 Å². The number of para-hydroxylation sites is 1. The van der Waals surface area contributed by atoms with E-state index in [0.717, 1.165) is 28.4 Å². The number of urea groups is 1. The quantitative estimate of drug-likeness (QED) is 0.130. The molecule has 6 rings (SSSR count). The maximum absolute atomic E-state index is 13.6. The fraction of sp³-hybridized carbons (Fsp3) is 0.256. The molecule has 1 aliphatic rings. The molecule has 0 saturated carbocycles. The van der Waals surface area contributed by atoms with Crippen LogP contribution >= 0.6 is 0 Å². The zero-order valence-electron chi connectivity index (χ0n) is 27.6. The molecule has 0 radical (unpaired) electrons. The van der Waals surface area contributed by atoms with E-state index in [-0.39, 0.29) is 17.1 Å². The largest absolute Gasteiger partial charge is 0.494 e. The first-order valence-corrected chi connectivity index (χ1v) is 16.1. The number of Topliss-reactive ketones (excluding diaryl/α,β-unsaturated/α-hetero) is 1. The number of aromatic nitrogens is 1. The van der Waals surface area contributed by atoms with Crippen molar-refractivity contribution < 1.29 is 23.8 Å². The van der Waals surface area contributed by atoms with E-state index in [2.05, 4.69) is 41.7 Å². The van der Waals surface area contributed by atoms with Gasteiger partial charge >= 0.3 is 6.03 Å². The van der Waals surface area contributed by atoms with E-state index in [0.29, 0.717) is 59.6 Å². The highest BCUT2D eigenvalue weighted by molar-refractivity contribution is 6.09. The third-order valence-electron chi connectivity index (χ3n) is 8.34. The van der Waals surface area contributed by atoms with Crippen LogP contribution in [0, 0.1) is 5.92 Å². The number of hydrogen-bond donors (Lipinski definition) is 3. The lowest BCUT2D eigenvalue weighted by Gasteiger charge is -2.24. The van der Waals surface area contributed by atoms with Crippen molar-refractivity contribution in [3.8, 4) is 17.2 Å². The number of carbonyl (C=O) groups is 2. The first-order valence-electron chi connectivity index (χ1n) is 16.1. The first-order chi connectivity index (χ1) is 23.2. The first kappa shape index (κ1) is 32.5. The molecule has 1 fully saturated rings. The van der Waals surface area contributed by atoms with Crippen LogP contribution in [0.5, 0.6) is 17.2 Å². The van der Waals surface area contributed by atoms with Crippen LogP contribution in [-0.4, -0.2) is 37.1 Å². The monoisotopic (exact) mass is 644 g/mol. The highest BCUT2D eigenvalue weighted by Gasteiger charge is 2.27. The van der Waals surface area contributed by atoms with Crippen molar-refractivity contribution in [1.29, 1.82) is 0 Å². The van der Waals surface area contributed by atoms with Crippen LogP contribution < -0.4 is 25.4 Å². The van der Waals surface area contributed by atoms with Gasteiger partial charge in [-0.25, -0.2) is 9.78 Å². The lowest BCUT2D eigenvalue weighted by atomic mass is 9.84. The summed E-state index contributed by atoms with van der Waals surface area (Å²) < 4.78 is 17.6. The molecule has 0 bridgehead atoms. The number of pyridine rings is 1. The Kier molecular flexibility index (Phi) is 9.59. The number of nitrogens with one attached hydrogen (secondary N) is 3. The summed E-state index contributed by atoms with van der Waals surface area (Å²) in [7, 11) is 1.51. The summed E-state index contributed by atoms with van der Waals surface area (Å²) >= 11 is 0. The maximum Gasteiger partial charge on any atom is 0.323 e. The number of ether oxygens (including phenoxy) is 3. The molecule has 1 atom stereocenters. The normalized spacial score (nSPS) is 14.4. The summed E-state index contributed by atoms with van der Waals surface area (Å²) in [6.45, 7) is 7.45. The van der Waals surface area contributed by atoms with Gasteiger partial charge in [0.1, 0.15) is 17.3 Å². The predicted octanol–water partition coefficient (Wildman–Crippen LogP) is 9.33. The van der Waals surface area contributed by atoms with Gasteiger partial charge < -0.3 is 30.2 Å². The van der Waals surface area contributed by atoms with Gasteiger partial charge in [0.05, 0.1) is 24.0 Å². The molecule has 1 aliphatic heterocycles. The van der Waals surface area contributed by atoms with Crippen molar-refractivity contribution >= 4 is 45.5 Å². The van der Waals surface area contributed by atoms with Gasteiger partial charge in [-0.2, -0.15) is 0 Å². The van der Waals surface area contributed by atoms with Gasteiger partial charge in [0.15, 0.2) is 11.5 Å². The van der Waals surface area contributed by atoms with Crippen LogP contribution in [0.15, 0.2) is 97.2 Å². The number of benzene rings is 4. The van der Waals surface area contributed by atoms with Crippen LogP contribution in [0.25, 0.3) is 10.8 Å². The molecule has 246 valence electrons. The Morgan fingerprint density at radius 2 is 1.65 bits per heavy atom. The average molecular weight is 645 g/mol. The average Bonchev–Trinajstić information content (AvgIpc) is 3.59. The number of nitrogens with zero attached hydrogens (tertiary/aromatic N) is 1. The highest BCUT2D eigenvalue weighted by atomic mass is 16.5. The Hall–Kier alpha value is -5.41. The third-order valence-corrected chi connectivity index (χ3v) is 8.34. The van der Waals surface area contributed by atoms with Crippen molar-refractivity contribution in [2.45, 2.75) is 39.0 Å². The Balaban J connectivity index is 1.24. The van der Waals surface area contributed by atoms with Gasteiger partial charge in [-0.05, 0) is 65.8 Å². The van der Waals surface area contributed by atoms with Gasteiger partial charge in [0.25, 0.3) is 0 Å². The summed E-state index contributed by atoms with van der Waals surface area (Å²) in [5.41, 5.74) is 3.04. The van der Waals surface area contributed by atoms with Gasteiger partial charge in [-0.1, -0.05) is 63.2 Å². The number of carbonyl (C=O) groups excluding carboxylic acids is 2. The van der Waals surface area contributed by atoms with E-state index in [1.807, 2.05) is 84.9 Å². The van der Waals surface area contributed by atoms with Crippen molar-refractivity contribution in [3.05, 3.63) is 108 Å². The second kappa shape index (κ2) is 14.1. The molecule has 2 amide bonds. The smallest absolute Gasteiger partial charge is 0.323 e. The fourth-order valence-corrected chi connectivity index (χ4v) is 5.78. The van der Waals surface area contributed by atoms with Crippen molar-refractivity contribution in [3.63, 3.8) is 0 Å². The second-order valence-corrected chi connectivity index (χ2v) is 12.9. The number of amides is 2. The van der Waals surface area contributed by atoms with E-state index >= 15 is 0 Å². The van der Waals surface area contributed by atoms with Crippen LogP contribution in [0.1, 0.15) is 49.5 Å². The minimum Gasteiger partial charge on any atom is -0.494 e. The molecular formula is C39H40N4O5. The standard InChI is InChI=1S/C39H40N4O5/c1-39(2,3)26-21-31(34(44)20-25-17-19-47-24-25)37(46-4)33(22-26)43-38(45)42-32-14-15-35(30-13-9-8-12-29(30)32)48-28-16-18-40-36(23-28)41-27-10-6-5-7-11-27/h5-16,18,21-23,25H,17,19-20,24H2,1-4H3,(H,40,41)(H2,42,43,45)/t25-/m1/s1. The molecule has 1 saturated heterocycles. The number of ketones is 1. The van der Waals surface area contributed by atoms with Crippen molar-refractivity contribution in [1.82, 2.24) is 4.98 Å². The summed E-state index contributed by atoms with van der Waals surface area (Å²) in [6.07, 6.45) is 2.90. The highest BCUT2D eigenvalue weighted by Crippen LogP contribution is 2.38. The van der Waals surface area contributed by atoms with Crippen LogP contribution in [0.2, 0.25) is 0 Å². The summed E-state index contributed by atoms with van der Waals surface area (Å²) in [5.74, 6) is 2.38. The van der Waals surface area contributed by atoms with Crippen LogP contribution in [-0.2, 0) is 10.2 Å². The molecule has 2 heterocycles. The zero-order chi connectivity index (χ0) is 33.7. The zero-order valence-corrected chi connectivity index (χ0v) is 27.6. The fourth-order valence-electron chi connectivity index (χ4n) is 5.78. The van der Waals surface area contributed by atoms with Gasteiger partial charge in [-0.15, -0.1) is 0 Å². The molecule has 3 N–H and O–H groups in total. The molecule has 0 unspecified atom stereocenters. The maximum atomic E-state index is 13.6. The molecule has 9 heteroatoms. The minimum atomic E-state index is -0.466. The second-order valence-electron chi connectivity index (χ2n) is 12.9.